The number of nitrogens with one attached hydrogen (secondary N) is 2. The maximum Gasteiger partial charge on any atom is 0.408 e. The van der Waals surface area contributed by atoms with Crippen LogP contribution in [0, 0.1) is 6.92 Å². The minimum atomic E-state index is -0.900. The van der Waals surface area contributed by atoms with Gasteiger partial charge in [0.1, 0.15) is 30.1 Å². The Hall–Kier alpha value is -3.06. The lowest BCUT2D eigenvalue weighted by Crippen LogP contribution is -2.50. The number of aliphatic hydroxyl groups excluding tert-OH is 1. The monoisotopic (exact) mass is 428 g/mol. The summed E-state index contributed by atoms with van der Waals surface area (Å²) in [6.07, 6.45) is -1.28. The van der Waals surface area contributed by atoms with Gasteiger partial charge in [0.2, 0.25) is 5.91 Å². The summed E-state index contributed by atoms with van der Waals surface area (Å²) in [6.45, 7) is 7.24. The standard InChI is InChI=1S/C24H32N2O5/c1-17-9-8-12-20(13-17)30-16-19(27)15-25-22(28)21(14-18-10-6-5-7-11-18)26-23(29)31-24(2,3)4/h5-13,19,21,27H,14-16H2,1-4H3,(H,25,28)(H,26,29)/t19?,21-/m1/s1. The molecule has 2 amide bonds. The molecule has 0 saturated heterocycles. The van der Waals surface area contributed by atoms with Crippen LogP contribution in [-0.4, -0.2) is 48.0 Å². The quantitative estimate of drug-likeness (QED) is 0.571. The van der Waals surface area contributed by atoms with Gasteiger partial charge >= 0.3 is 6.09 Å². The largest absolute Gasteiger partial charge is 0.491 e. The Balaban J connectivity index is 1.91. The number of rotatable bonds is 9. The van der Waals surface area contributed by atoms with Gasteiger partial charge in [-0.25, -0.2) is 4.79 Å². The van der Waals surface area contributed by atoms with E-state index in [0.717, 1.165) is 11.1 Å². The fraction of sp³-hybridized carbons (Fsp3) is 0.417. The fourth-order valence-corrected chi connectivity index (χ4v) is 2.81. The molecular formula is C24H32N2O5. The van der Waals surface area contributed by atoms with Gasteiger partial charge in [-0.3, -0.25) is 4.79 Å². The van der Waals surface area contributed by atoms with E-state index in [9.17, 15) is 14.7 Å². The molecule has 168 valence electrons. The van der Waals surface area contributed by atoms with Crippen LogP contribution < -0.4 is 15.4 Å². The molecule has 0 radical (unpaired) electrons. The van der Waals surface area contributed by atoms with Crippen LogP contribution in [0.15, 0.2) is 54.6 Å². The molecule has 31 heavy (non-hydrogen) atoms. The van der Waals surface area contributed by atoms with Crippen molar-refractivity contribution in [2.75, 3.05) is 13.2 Å². The molecule has 2 aromatic rings. The summed E-state index contributed by atoms with van der Waals surface area (Å²) in [5.74, 6) is 0.239. The normalized spacial score (nSPS) is 13.1. The van der Waals surface area contributed by atoms with Gasteiger partial charge in [0.25, 0.3) is 0 Å². The number of hydrogen-bond donors (Lipinski definition) is 3. The Labute approximate surface area is 183 Å². The molecule has 0 bridgehead atoms. The van der Waals surface area contributed by atoms with E-state index in [1.165, 1.54) is 0 Å². The number of benzene rings is 2. The van der Waals surface area contributed by atoms with E-state index in [1.807, 2.05) is 55.5 Å². The molecule has 3 N–H and O–H groups in total. The maximum absolute atomic E-state index is 12.7. The molecule has 2 aromatic carbocycles. The van der Waals surface area contributed by atoms with Crippen molar-refractivity contribution in [3.8, 4) is 5.75 Å². The molecule has 7 heteroatoms. The molecule has 2 atom stereocenters. The Morgan fingerprint density at radius 1 is 1.06 bits per heavy atom. The summed E-state index contributed by atoms with van der Waals surface area (Å²) < 4.78 is 10.8. The van der Waals surface area contributed by atoms with Crippen LogP contribution in [0.5, 0.6) is 5.75 Å². The zero-order chi connectivity index (χ0) is 22.9. The van der Waals surface area contributed by atoms with Gasteiger partial charge in [0.15, 0.2) is 0 Å². The molecule has 0 aliphatic carbocycles. The molecule has 0 spiro atoms. The Bertz CT molecular complexity index is 849. The number of amides is 2. The van der Waals surface area contributed by atoms with Gasteiger partial charge in [-0.05, 0) is 51.0 Å². The molecule has 2 rings (SSSR count). The lowest BCUT2D eigenvalue weighted by molar-refractivity contribution is -0.123. The Morgan fingerprint density at radius 2 is 1.77 bits per heavy atom. The summed E-state index contributed by atoms with van der Waals surface area (Å²) in [5, 5.41) is 15.5. The first-order chi connectivity index (χ1) is 14.6. The third-order valence-electron chi connectivity index (χ3n) is 4.23. The average Bonchev–Trinajstić information content (AvgIpc) is 2.69. The predicted octanol–water partition coefficient (Wildman–Crippen LogP) is 2.99. The minimum absolute atomic E-state index is 0.00800. The fourth-order valence-electron chi connectivity index (χ4n) is 2.81. The highest BCUT2D eigenvalue weighted by molar-refractivity contribution is 5.86. The van der Waals surface area contributed by atoms with Crippen molar-refractivity contribution in [2.24, 2.45) is 0 Å². The minimum Gasteiger partial charge on any atom is -0.491 e. The van der Waals surface area contributed by atoms with Gasteiger partial charge in [-0.15, -0.1) is 0 Å². The van der Waals surface area contributed by atoms with Crippen molar-refractivity contribution in [1.82, 2.24) is 10.6 Å². The first-order valence-electron chi connectivity index (χ1n) is 10.3. The number of carbonyl (C=O) groups excluding carboxylic acids is 2. The van der Waals surface area contributed by atoms with Crippen molar-refractivity contribution in [2.45, 2.75) is 51.9 Å². The molecule has 0 saturated carbocycles. The number of alkyl carbamates (subject to hydrolysis) is 1. The predicted molar refractivity (Wildman–Crippen MR) is 119 cm³/mol. The molecular weight excluding hydrogens is 396 g/mol. The molecule has 0 aliphatic heterocycles. The SMILES string of the molecule is Cc1cccc(OCC(O)CNC(=O)[C@@H](Cc2ccccc2)NC(=O)OC(C)(C)C)c1. The number of aliphatic hydroxyl groups is 1. The summed E-state index contributed by atoms with van der Waals surface area (Å²) in [7, 11) is 0. The van der Waals surface area contributed by atoms with E-state index in [1.54, 1.807) is 26.8 Å². The second kappa shape index (κ2) is 11.4. The molecule has 7 nitrogen and oxygen atoms in total. The summed E-state index contributed by atoms with van der Waals surface area (Å²) in [6, 6.07) is 16.0. The second-order valence-corrected chi connectivity index (χ2v) is 8.42. The number of carbonyl (C=O) groups is 2. The third kappa shape index (κ3) is 9.53. The maximum atomic E-state index is 12.7. The second-order valence-electron chi connectivity index (χ2n) is 8.42. The first kappa shape index (κ1) is 24.2. The van der Waals surface area contributed by atoms with Crippen LogP contribution in [0.4, 0.5) is 4.79 Å². The van der Waals surface area contributed by atoms with E-state index in [2.05, 4.69) is 10.6 Å². The lowest BCUT2D eigenvalue weighted by atomic mass is 10.1. The Kier molecular flexibility index (Phi) is 8.88. The van der Waals surface area contributed by atoms with Crippen LogP contribution in [0.1, 0.15) is 31.9 Å². The van der Waals surface area contributed by atoms with E-state index < -0.39 is 29.7 Å². The summed E-state index contributed by atoms with van der Waals surface area (Å²) in [4.78, 5) is 24.9. The van der Waals surface area contributed by atoms with E-state index in [-0.39, 0.29) is 13.2 Å². The zero-order valence-electron chi connectivity index (χ0n) is 18.6. The van der Waals surface area contributed by atoms with E-state index >= 15 is 0 Å². The van der Waals surface area contributed by atoms with Gasteiger partial charge < -0.3 is 25.2 Å². The van der Waals surface area contributed by atoms with Crippen LogP contribution in [0.2, 0.25) is 0 Å². The van der Waals surface area contributed by atoms with E-state index in [4.69, 9.17) is 9.47 Å². The molecule has 0 heterocycles. The molecule has 1 unspecified atom stereocenters. The molecule has 0 aromatic heterocycles. The average molecular weight is 429 g/mol. The zero-order valence-corrected chi connectivity index (χ0v) is 18.6. The number of ether oxygens (including phenoxy) is 2. The Morgan fingerprint density at radius 3 is 2.42 bits per heavy atom. The van der Waals surface area contributed by atoms with Gasteiger partial charge in [-0.2, -0.15) is 0 Å². The van der Waals surface area contributed by atoms with Crippen LogP contribution >= 0.6 is 0 Å². The summed E-state index contributed by atoms with van der Waals surface area (Å²) in [5.41, 5.74) is 1.26. The van der Waals surface area contributed by atoms with Crippen molar-refractivity contribution in [3.63, 3.8) is 0 Å². The smallest absolute Gasteiger partial charge is 0.408 e. The van der Waals surface area contributed by atoms with Gasteiger partial charge in [0.05, 0.1) is 0 Å². The van der Waals surface area contributed by atoms with Crippen molar-refractivity contribution < 1.29 is 24.2 Å². The lowest BCUT2D eigenvalue weighted by Gasteiger charge is -2.24. The van der Waals surface area contributed by atoms with Crippen molar-refractivity contribution in [3.05, 3.63) is 65.7 Å². The highest BCUT2D eigenvalue weighted by Crippen LogP contribution is 2.12. The van der Waals surface area contributed by atoms with E-state index in [0.29, 0.717) is 12.2 Å². The van der Waals surface area contributed by atoms with Crippen LogP contribution in [0.3, 0.4) is 0 Å². The number of aryl methyl sites for hydroxylation is 1. The van der Waals surface area contributed by atoms with Crippen LogP contribution in [0.25, 0.3) is 0 Å². The highest BCUT2D eigenvalue weighted by atomic mass is 16.6. The topological polar surface area (TPSA) is 96.9 Å². The van der Waals surface area contributed by atoms with Crippen molar-refractivity contribution in [1.29, 1.82) is 0 Å². The third-order valence-corrected chi connectivity index (χ3v) is 4.23. The number of hydrogen-bond acceptors (Lipinski definition) is 5. The molecule has 0 aliphatic rings. The molecule has 0 fully saturated rings. The summed E-state index contributed by atoms with van der Waals surface area (Å²) >= 11 is 0. The van der Waals surface area contributed by atoms with Gasteiger partial charge in [0, 0.05) is 13.0 Å². The van der Waals surface area contributed by atoms with Crippen molar-refractivity contribution >= 4 is 12.0 Å². The van der Waals surface area contributed by atoms with Gasteiger partial charge in [-0.1, -0.05) is 42.5 Å². The highest BCUT2D eigenvalue weighted by Gasteiger charge is 2.25. The van der Waals surface area contributed by atoms with Crippen LogP contribution in [-0.2, 0) is 16.0 Å². The first-order valence-corrected chi connectivity index (χ1v) is 10.3.